The van der Waals surface area contributed by atoms with Crippen LogP contribution in [0.15, 0.2) is 36.5 Å². The predicted octanol–water partition coefficient (Wildman–Crippen LogP) is 3.53. The molecule has 1 heterocycles. The highest BCUT2D eigenvalue weighted by atomic mass is 35.5. The smallest absolute Gasteiger partial charge is 0.339 e. The Bertz CT molecular complexity index is 743. The Hall–Kier alpha value is -2.60. The van der Waals surface area contributed by atoms with Gasteiger partial charge in [-0.3, -0.25) is 4.79 Å². The maximum atomic E-state index is 12.2. The van der Waals surface area contributed by atoms with Crippen LogP contribution in [0.2, 0.25) is 5.02 Å². The van der Waals surface area contributed by atoms with Gasteiger partial charge in [0.2, 0.25) is 0 Å². The number of aromatic carboxylic acids is 1. The molecule has 0 saturated carbocycles. The summed E-state index contributed by atoms with van der Waals surface area (Å²) in [6, 6.07) is 7.82. The van der Waals surface area contributed by atoms with Crippen LogP contribution < -0.4 is 10.2 Å². The van der Waals surface area contributed by atoms with Crippen molar-refractivity contribution >= 4 is 35.0 Å². The Kier molecular flexibility index (Phi) is 5.76. The second-order valence-electron chi connectivity index (χ2n) is 5.03. The highest BCUT2D eigenvalue weighted by molar-refractivity contribution is 6.30. The largest absolute Gasteiger partial charge is 0.478 e. The van der Waals surface area contributed by atoms with E-state index >= 15 is 0 Å². The number of nitrogens with zero attached hydrogens (tertiary/aromatic N) is 2. The SMILES string of the molecule is CCN(CC)c1ncc(NC(=O)c2ccc(Cl)cc2)cc1C(=O)O. The molecule has 0 aliphatic heterocycles. The van der Waals surface area contributed by atoms with Crippen molar-refractivity contribution in [3.63, 3.8) is 0 Å². The quantitative estimate of drug-likeness (QED) is 0.835. The van der Waals surface area contributed by atoms with E-state index < -0.39 is 5.97 Å². The van der Waals surface area contributed by atoms with Gasteiger partial charge in [0, 0.05) is 23.7 Å². The number of hydrogen-bond acceptors (Lipinski definition) is 4. The van der Waals surface area contributed by atoms with Crippen molar-refractivity contribution in [2.45, 2.75) is 13.8 Å². The average molecular weight is 348 g/mol. The van der Waals surface area contributed by atoms with Gasteiger partial charge in [0.25, 0.3) is 5.91 Å². The van der Waals surface area contributed by atoms with Crippen molar-refractivity contribution in [2.24, 2.45) is 0 Å². The molecule has 0 saturated heterocycles. The summed E-state index contributed by atoms with van der Waals surface area (Å²) in [5.41, 5.74) is 0.792. The molecular weight excluding hydrogens is 330 g/mol. The third-order valence-corrected chi connectivity index (χ3v) is 3.78. The lowest BCUT2D eigenvalue weighted by atomic mass is 10.2. The fourth-order valence-electron chi connectivity index (χ4n) is 2.26. The molecule has 0 spiro atoms. The molecular formula is C17H18ClN3O3. The lowest BCUT2D eigenvalue weighted by molar-refractivity contribution is 0.0697. The van der Waals surface area contributed by atoms with E-state index in [1.54, 1.807) is 24.3 Å². The Morgan fingerprint density at radius 1 is 1.21 bits per heavy atom. The number of benzene rings is 1. The Morgan fingerprint density at radius 2 is 1.83 bits per heavy atom. The lowest BCUT2D eigenvalue weighted by Crippen LogP contribution is -2.25. The van der Waals surface area contributed by atoms with Gasteiger partial charge in [-0.2, -0.15) is 0 Å². The molecule has 0 fully saturated rings. The third kappa shape index (κ3) is 4.02. The van der Waals surface area contributed by atoms with Crippen molar-refractivity contribution in [3.8, 4) is 0 Å². The van der Waals surface area contributed by atoms with E-state index in [1.165, 1.54) is 12.3 Å². The summed E-state index contributed by atoms with van der Waals surface area (Å²) < 4.78 is 0. The highest BCUT2D eigenvalue weighted by Crippen LogP contribution is 2.22. The fraction of sp³-hybridized carbons (Fsp3) is 0.235. The maximum Gasteiger partial charge on any atom is 0.339 e. The predicted molar refractivity (Wildman–Crippen MR) is 94.2 cm³/mol. The van der Waals surface area contributed by atoms with Gasteiger partial charge in [0.05, 0.1) is 11.9 Å². The molecule has 1 aromatic heterocycles. The third-order valence-electron chi connectivity index (χ3n) is 3.52. The normalized spacial score (nSPS) is 10.3. The van der Waals surface area contributed by atoms with Gasteiger partial charge in [-0.25, -0.2) is 9.78 Å². The van der Waals surface area contributed by atoms with Gasteiger partial charge in [0.15, 0.2) is 0 Å². The molecule has 126 valence electrons. The van der Waals surface area contributed by atoms with Gasteiger partial charge >= 0.3 is 5.97 Å². The number of pyridine rings is 1. The molecule has 1 amide bonds. The number of carboxylic acid groups (broad SMARTS) is 1. The number of amides is 1. The van der Waals surface area contributed by atoms with Crippen LogP contribution in [0.4, 0.5) is 11.5 Å². The van der Waals surface area contributed by atoms with E-state index in [1.807, 2.05) is 18.7 Å². The maximum absolute atomic E-state index is 12.2. The second-order valence-corrected chi connectivity index (χ2v) is 5.47. The van der Waals surface area contributed by atoms with Crippen LogP contribution in [0.3, 0.4) is 0 Å². The van der Waals surface area contributed by atoms with Gasteiger partial charge in [-0.05, 0) is 44.2 Å². The van der Waals surface area contributed by atoms with E-state index in [2.05, 4.69) is 10.3 Å². The minimum atomic E-state index is -1.09. The van der Waals surface area contributed by atoms with E-state index in [9.17, 15) is 14.7 Å². The molecule has 7 heteroatoms. The molecule has 6 nitrogen and oxygen atoms in total. The minimum Gasteiger partial charge on any atom is -0.478 e. The zero-order valence-electron chi connectivity index (χ0n) is 13.4. The van der Waals surface area contributed by atoms with Crippen LogP contribution in [0.1, 0.15) is 34.6 Å². The molecule has 1 aromatic carbocycles. The van der Waals surface area contributed by atoms with Gasteiger partial charge < -0.3 is 15.3 Å². The topological polar surface area (TPSA) is 82.5 Å². The van der Waals surface area contributed by atoms with Gasteiger partial charge in [-0.15, -0.1) is 0 Å². The minimum absolute atomic E-state index is 0.0487. The molecule has 0 aliphatic carbocycles. The fourth-order valence-corrected chi connectivity index (χ4v) is 2.39. The molecule has 0 unspecified atom stereocenters. The summed E-state index contributed by atoms with van der Waals surface area (Å²) in [4.78, 5) is 29.8. The van der Waals surface area contributed by atoms with Crippen molar-refractivity contribution in [2.75, 3.05) is 23.3 Å². The summed E-state index contributed by atoms with van der Waals surface area (Å²) >= 11 is 5.80. The lowest BCUT2D eigenvalue weighted by Gasteiger charge is -2.21. The number of carbonyl (C=O) groups excluding carboxylic acids is 1. The summed E-state index contributed by atoms with van der Waals surface area (Å²) in [5.74, 6) is -1.07. The summed E-state index contributed by atoms with van der Waals surface area (Å²) in [5, 5.41) is 12.6. The van der Waals surface area contributed by atoms with Crippen LogP contribution in [0.5, 0.6) is 0 Å². The monoisotopic (exact) mass is 347 g/mol. The Morgan fingerprint density at radius 3 is 2.38 bits per heavy atom. The van der Waals surface area contributed by atoms with Crippen LogP contribution >= 0.6 is 11.6 Å². The number of carboxylic acids is 1. The molecule has 24 heavy (non-hydrogen) atoms. The first-order valence-corrected chi connectivity index (χ1v) is 7.89. The number of carbonyl (C=O) groups is 2. The average Bonchev–Trinajstić information content (AvgIpc) is 2.57. The van der Waals surface area contributed by atoms with Crippen molar-refractivity contribution in [1.82, 2.24) is 4.98 Å². The Labute approximate surface area is 145 Å². The van der Waals surface area contributed by atoms with Gasteiger partial charge in [-0.1, -0.05) is 11.6 Å². The van der Waals surface area contributed by atoms with E-state index in [0.29, 0.717) is 35.2 Å². The van der Waals surface area contributed by atoms with Crippen LogP contribution in [0, 0.1) is 0 Å². The number of nitrogens with one attached hydrogen (secondary N) is 1. The number of halogens is 1. The zero-order valence-corrected chi connectivity index (χ0v) is 14.2. The van der Waals surface area contributed by atoms with Crippen molar-refractivity contribution in [3.05, 3.63) is 52.7 Å². The van der Waals surface area contributed by atoms with Crippen LogP contribution in [-0.4, -0.2) is 35.1 Å². The molecule has 0 aliphatic rings. The molecule has 0 radical (unpaired) electrons. The summed E-state index contributed by atoms with van der Waals surface area (Å²) in [6.45, 7) is 5.13. The highest BCUT2D eigenvalue weighted by Gasteiger charge is 2.17. The van der Waals surface area contributed by atoms with E-state index in [4.69, 9.17) is 11.6 Å². The van der Waals surface area contributed by atoms with Crippen LogP contribution in [-0.2, 0) is 0 Å². The first-order valence-electron chi connectivity index (χ1n) is 7.51. The number of hydrogen-bond donors (Lipinski definition) is 2. The number of aromatic nitrogens is 1. The number of rotatable bonds is 6. The number of anilines is 2. The molecule has 2 N–H and O–H groups in total. The molecule has 0 atom stereocenters. The van der Waals surface area contributed by atoms with E-state index in [0.717, 1.165) is 0 Å². The first-order chi connectivity index (χ1) is 11.5. The van der Waals surface area contributed by atoms with Crippen molar-refractivity contribution < 1.29 is 14.7 Å². The Balaban J connectivity index is 2.28. The molecule has 2 aromatic rings. The summed E-state index contributed by atoms with van der Waals surface area (Å²) in [6.07, 6.45) is 1.45. The molecule has 2 rings (SSSR count). The summed E-state index contributed by atoms with van der Waals surface area (Å²) in [7, 11) is 0. The zero-order chi connectivity index (χ0) is 17.7. The molecule has 0 bridgehead atoms. The standard InChI is InChI=1S/C17H18ClN3O3/c1-3-21(4-2)15-14(17(23)24)9-13(10-19-15)20-16(22)11-5-7-12(18)8-6-11/h5-10H,3-4H2,1-2H3,(H,20,22)(H,23,24). The first kappa shape index (κ1) is 17.7. The second kappa shape index (κ2) is 7.79. The van der Waals surface area contributed by atoms with Crippen molar-refractivity contribution in [1.29, 1.82) is 0 Å². The van der Waals surface area contributed by atoms with E-state index in [-0.39, 0.29) is 11.5 Å². The van der Waals surface area contributed by atoms with Crippen LogP contribution in [0.25, 0.3) is 0 Å². The van der Waals surface area contributed by atoms with Gasteiger partial charge in [0.1, 0.15) is 11.4 Å².